The molecule has 0 spiro atoms. The van der Waals surface area contributed by atoms with Crippen LogP contribution < -0.4 is 4.74 Å². The fourth-order valence-corrected chi connectivity index (χ4v) is 3.40. The number of nitrogens with zero attached hydrogens (tertiary/aromatic N) is 2. The highest BCUT2D eigenvalue weighted by Gasteiger charge is 2.15. The highest BCUT2D eigenvalue weighted by Crippen LogP contribution is 2.27. The molecule has 0 aliphatic carbocycles. The van der Waals surface area contributed by atoms with Gasteiger partial charge >= 0.3 is 0 Å². The maximum absolute atomic E-state index is 14.8. The molecule has 3 nitrogen and oxygen atoms in total. The summed E-state index contributed by atoms with van der Waals surface area (Å²) in [5, 5.41) is 0. The van der Waals surface area contributed by atoms with Crippen LogP contribution >= 0.6 is 0 Å². The molecule has 2 heterocycles. The van der Waals surface area contributed by atoms with Crippen LogP contribution in [0.25, 0.3) is 17.2 Å². The van der Waals surface area contributed by atoms with Crippen LogP contribution in [0.4, 0.5) is 4.39 Å². The summed E-state index contributed by atoms with van der Waals surface area (Å²) < 4.78 is 20.0. The van der Waals surface area contributed by atoms with E-state index in [1.54, 1.807) is 25.6 Å². The van der Waals surface area contributed by atoms with Crippen LogP contribution in [0.2, 0.25) is 0 Å². The zero-order valence-corrected chi connectivity index (χ0v) is 15.7. The number of allylic oxidation sites excluding steroid dienone is 1. The van der Waals surface area contributed by atoms with Gasteiger partial charge in [-0.2, -0.15) is 0 Å². The maximum atomic E-state index is 14.8. The Morgan fingerprint density at radius 2 is 1.82 bits per heavy atom. The number of rotatable bonds is 4. The molecule has 28 heavy (non-hydrogen) atoms. The molecular weight excluding hydrogens is 351 g/mol. The Kier molecular flexibility index (Phi) is 5.29. The van der Waals surface area contributed by atoms with Gasteiger partial charge in [0, 0.05) is 30.1 Å². The lowest BCUT2D eigenvalue weighted by molar-refractivity contribution is 0.415. The van der Waals surface area contributed by atoms with Gasteiger partial charge in [0.2, 0.25) is 0 Å². The van der Waals surface area contributed by atoms with E-state index in [0.29, 0.717) is 5.56 Å². The van der Waals surface area contributed by atoms with E-state index in [-0.39, 0.29) is 5.82 Å². The SMILES string of the molecule is COc1ccc(-c2ccc(/C=C3/CCCN=C3c3cccnc3)c(F)c2)cc1. The number of pyridine rings is 1. The molecular formula is C24H21FN2O. The van der Waals surface area contributed by atoms with Gasteiger partial charge in [0.15, 0.2) is 0 Å². The summed E-state index contributed by atoms with van der Waals surface area (Å²) in [5.41, 5.74) is 5.31. The first-order valence-corrected chi connectivity index (χ1v) is 9.34. The van der Waals surface area contributed by atoms with Crippen LogP contribution in [0.3, 0.4) is 0 Å². The van der Waals surface area contributed by atoms with Crippen molar-refractivity contribution in [2.24, 2.45) is 4.99 Å². The Morgan fingerprint density at radius 1 is 1.00 bits per heavy atom. The van der Waals surface area contributed by atoms with Gasteiger partial charge in [-0.05, 0) is 65.9 Å². The highest BCUT2D eigenvalue weighted by atomic mass is 19.1. The molecule has 0 amide bonds. The van der Waals surface area contributed by atoms with E-state index in [2.05, 4.69) is 9.98 Å². The lowest BCUT2D eigenvalue weighted by Gasteiger charge is -2.16. The van der Waals surface area contributed by atoms with Crippen LogP contribution in [0.15, 0.2) is 77.6 Å². The normalized spacial score (nSPS) is 15.4. The van der Waals surface area contributed by atoms with Crippen molar-refractivity contribution >= 4 is 11.8 Å². The van der Waals surface area contributed by atoms with Gasteiger partial charge in [0.1, 0.15) is 11.6 Å². The van der Waals surface area contributed by atoms with E-state index >= 15 is 0 Å². The summed E-state index contributed by atoms with van der Waals surface area (Å²) in [5.74, 6) is 0.544. The van der Waals surface area contributed by atoms with E-state index in [1.165, 1.54) is 0 Å². The molecule has 4 heteroatoms. The monoisotopic (exact) mass is 372 g/mol. The number of methoxy groups -OCH3 is 1. The number of halogens is 1. The molecule has 2 aromatic carbocycles. The van der Waals surface area contributed by atoms with E-state index < -0.39 is 0 Å². The summed E-state index contributed by atoms with van der Waals surface area (Å²) in [7, 11) is 1.63. The first kappa shape index (κ1) is 18.1. The third-order valence-electron chi connectivity index (χ3n) is 4.87. The summed E-state index contributed by atoms with van der Waals surface area (Å²) in [6.45, 7) is 0.792. The first-order valence-electron chi connectivity index (χ1n) is 9.34. The fourth-order valence-electron chi connectivity index (χ4n) is 3.40. The molecule has 0 radical (unpaired) electrons. The maximum Gasteiger partial charge on any atom is 0.131 e. The number of hydrogen-bond acceptors (Lipinski definition) is 3. The molecule has 1 aromatic heterocycles. The van der Waals surface area contributed by atoms with Crippen LogP contribution in [-0.4, -0.2) is 24.4 Å². The van der Waals surface area contributed by atoms with E-state index in [4.69, 9.17) is 4.74 Å². The average Bonchev–Trinajstić information content (AvgIpc) is 2.76. The largest absolute Gasteiger partial charge is 0.497 e. The zero-order valence-electron chi connectivity index (χ0n) is 15.7. The van der Waals surface area contributed by atoms with Crippen molar-refractivity contribution in [1.29, 1.82) is 0 Å². The Bertz CT molecular complexity index is 1020. The number of benzene rings is 2. The highest BCUT2D eigenvalue weighted by molar-refractivity contribution is 6.15. The fraction of sp³-hybridized carbons (Fsp3) is 0.167. The molecule has 0 fully saturated rings. The van der Waals surface area contributed by atoms with Gasteiger partial charge in [-0.3, -0.25) is 9.98 Å². The third kappa shape index (κ3) is 3.86. The minimum atomic E-state index is -0.239. The molecule has 4 rings (SSSR count). The summed E-state index contributed by atoms with van der Waals surface area (Å²) in [6, 6.07) is 16.9. The Hall–Kier alpha value is -3.27. The molecule has 3 aromatic rings. The Labute approximate surface area is 164 Å². The summed E-state index contributed by atoms with van der Waals surface area (Å²) in [6.07, 6.45) is 7.32. The van der Waals surface area contributed by atoms with Crippen molar-refractivity contribution in [3.8, 4) is 16.9 Å². The molecule has 0 atom stereocenters. The molecule has 1 aliphatic heterocycles. The van der Waals surface area contributed by atoms with Crippen molar-refractivity contribution in [2.75, 3.05) is 13.7 Å². The van der Waals surface area contributed by atoms with Crippen molar-refractivity contribution in [2.45, 2.75) is 12.8 Å². The smallest absolute Gasteiger partial charge is 0.131 e. The number of ether oxygens (including phenoxy) is 1. The minimum absolute atomic E-state index is 0.239. The van der Waals surface area contributed by atoms with E-state index in [9.17, 15) is 4.39 Å². The van der Waals surface area contributed by atoms with Gasteiger partial charge in [-0.25, -0.2) is 4.39 Å². The second kappa shape index (κ2) is 8.17. The molecule has 0 unspecified atom stereocenters. The van der Waals surface area contributed by atoms with Gasteiger partial charge in [0.05, 0.1) is 12.8 Å². The van der Waals surface area contributed by atoms with Crippen LogP contribution in [0.5, 0.6) is 5.75 Å². The molecule has 0 saturated heterocycles. The van der Waals surface area contributed by atoms with Crippen molar-refractivity contribution in [1.82, 2.24) is 4.98 Å². The zero-order chi connectivity index (χ0) is 19.3. The van der Waals surface area contributed by atoms with Gasteiger partial charge < -0.3 is 4.74 Å². The van der Waals surface area contributed by atoms with Gasteiger partial charge in [0.25, 0.3) is 0 Å². The van der Waals surface area contributed by atoms with Gasteiger partial charge in [-0.1, -0.05) is 24.3 Å². The Balaban J connectivity index is 1.65. The van der Waals surface area contributed by atoms with E-state index in [0.717, 1.165) is 53.1 Å². The van der Waals surface area contributed by atoms with Crippen LogP contribution in [0, 0.1) is 5.82 Å². The van der Waals surface area contributed by atoms with Crippen LogP contribution in [-0.2, 0) is 0 Å². The quantitative estimate of drug-likeness (QED) is 0.601. The second-order valence-electron chi connectivity index (χ2n) is 6.71. The van der Waals surface area contributed by atoms with Crippen molar-refractivity contribution in [3.63, 3.8) is 0 Å². The lowest BCUT2D eigenvalue weighted by atomic mass is 9.94. The number of aromatic nitrogens is 1. The summed E-state index contributed by atoms with van der Waals surface area (Å²) >= 11 is 0. The van der Waals surface area contributed by atoms with E-state index in [1.807, 2.05) is 54.6 Å². The standard InChI is InChI=1S/C24H21FN2O/c1-28-22-10-8-17(9-11-22)18-6-7-19(23(25)15-18)14-20-4-3-13-27-24(20)21-5-2-12-26-16-21/h2,5-12,14-16H,3-4,13H2,1H3/b20-14-. The lowest BCUT2D eigenvalue weighted by Crippen LogP contribution is -2.12. The molecule has 1 aliphatic rings. The predicted octanol–water partition coefficient (Wildman–Crippen LogP) is 5.56. The first-order chi connectivity index (χ1) is 13.7. The predicted molar refractivity (Wildman–Crippen MR) is 111 cm³/mol. The third-order valence-corrected chi connectivity index (χ3v) is 4.87. The van der Waals surface area contributed by atoms with Crippen molar-refractivity contribution < 1.29 is 9.13 Å². The molecule has 0 N–H and O–H groups in total. The topological polar surface area (TPSA) is 34.5 Å². The van der Waals surface area contributed by atoms with Crippen molar-refractivity contribution in [3.05, 3.63) is 89.5 Å². The minimum Gasteiger partial charge on any atom is -0.497 e. The molecule has 0 bridgehead atoms. The Morgan fingerprint density at radius 3 is 2.54 bits per heavy atom. The number of aliphatic imine (C=N–C) groups is 1. The molecule has 140 valence electrons. The number of hydrogen-bond donors (Lipinski definition) is 0. The average molecular weight is 372 g/mol. The second-order valence-corrected chi connectivity index (χ2v) is 6.71. The van der Waals surface area contributed by atoms with Gasteiger partial charge in [-0.15, -0.1) is 0 Å². The van der Waals surface area contributed by atoms with Crippen LogP contribution in [0.1, 0.15) is 24.0 Å². The molecule has 0 saturated carbocycles. The summed E-state index contributed by atoms with van der Waals surface area (Å²) in [4.78, 5) is 8.85.